The van der Waals surface area contributed by atoms with Crippen LogP contribution in [0.25, 0.3) is 0 Å². The first-order valence-electron chi connectivity index (χ1n) is 5.02. The second kappa shape index (κ2) is 5.48. The first-order chi connectivity index (χ1) is 8.16. The summed E-state index contributed by atoms with van der Waals surface area (Å²) in [4.78, 5) is 4.14. The van der Waals surface area contributed by atoms with Crippen molar-refractivity contribution in [3.63, 3.8) is 0 Å². The first-order valence-corrected chi connectivity index (χ1v) is 6.75. The van der Waals surface area contributed by atoms with E-state index in [2.05, 4.69) is 26.2 Å². The minimum absolute atomic E-state index is 0.409. The van der Waals surface area contributed by atoms with Crippen LogP contribution in [0.4, 0.5) is 11.5 Å². The molecule has 0 saturated heterocycles. The van der Waals surface area contributed by atoms with E-state index in [9.17, 15) is 5.11 Å². The van der Waals surface area contributed by atoms with E-state index in [0.29, 0.717) is 18.1 Å². The van der Waals surface area contributed by atoms with Crippen molar-refractivity contribution < 1.29 is 5.11 Å². The topological polar surface area (TPSA) is 71.2 Å². The van der Waals surface area contributed by atoms with Gasteiger partial charge in [0.1, 0.15) is 5.82 Å². The summed E-state index contributed by atoms with van der Waals surface area (Å²) < 4.78 is 0.787. The van der Waals surface area contributed by atoms with Crippen molar-refractivity contribution >= 4 is 38.8 Å². The maximum absolute atomic E-state index is 9.89. The molecule has 4 nitrogen and oxygen atoms in total. The van der Waals surface area contributed by atoms with Gasteiger partial charge in [-0.2, -0.15) is 11.3 Å². The molecule has 17 heavy (non-hydrogen) atoms. The number of hydrogen-bond acceptors (Lipinski definition) is 5. The Morgan fingerprint density at radius 3 is 3.06 bits per heavy atom. The fraction of sp³-hybridized carbons (Fsp3) is 0.182. The molecule has 90 valence electrons. The van der Waals surface area contributed by atoms with Crippen molar-refractivity contribution in [1.29, 1.82) is 0 Å². The lowest BCUT2D eigenvalue weighted by Gasteiger charge is -2.12. The molecule has 0 bridgehead atoms. The van der Waals surface area contributed by atoms with Crippen molar-refractivity contribution in [3.8, 4) is 0 Å². The summed E-state index contributed by atoms with van der Waals surface area (Å²) in [6, 6.07) is 3.68. The summed E-state index contributed by atoms with van der Waals surface area (Å²) >= 11 is 4.93. The highest BCUT2D eigenvalue weighted by molar-refractivity contribution is 9.10. The number of nitrogens with one attached hydrogen (secondary N) is 1. The Hall–Kier alpha value is -1.11. The van der Waals surface area contributed by atoms with Gasteiger partial charge in [-0.05, 0) is 44.4 Å². The average Bonchev–Trinajstić information content (AvgIpc) is 2.81. The number of rotatable bonds is 4. The first kappa shape index (κ1) is 12.3. The zero-order chi connectivity index (χ0) is 12.3. The van der Waals surface area contributed by atoms with Crippen LogP contribution < -0.4 is 11.1 Å². The lowest BCUT2D eigenvalue weighted by Crippen LogP contribution is -2.12. The number of thiophene rings is 1. The molecule has 4 N–H and O–H groups in total. The van der Waals surface area contributed by atoms with Crippen LogP contribution in [0.3, 0.4) is 0 Å². The molecular weight excluding hydrogens is 302 g/mol. The van der Waals surface area contributed by atoms with E-state index in [-0.39, 0.29) is 0 Å². The summed E-state index contributed by atoms with van der Waals surface area (Å²) in [7, 11) is 0. The number of halogens is 1. The molecule has 0 aliphatic heterocycles. The van der Waals surface area contributed by atoms with E-state index >= 15 is 0 Å². The molecule has 2 aromatic heterocycles. The monoisotopic (exact) mass is 313 g/mol. The molecule has 2 aromatic rings. The molecule has 1 unspecified atom stereocenters. The molecular formula is C11H12BrN3OS. The largest absolute Gasteiger partial charge is 0.397 e. The number of nitrogen functional groups attached to an aromatic ring is 1. The Kier molecular flexibility index (Phi) is 3.98. The Balaban J connectivity index is 1.98. The lowest BCUT2D eigenvalue weighted by atomic mass is 10.2. The van der Waals surface area contributed by atoms with Gasteiger partial charge < -0.3 is 16.2 Å². The predicted molar refractivity (Wildman–Crippen MR) is 74.1 cm³/mol. The summed E-state index contributed by atoms with van der Waals surface area (Å²) in [5.41, 5.74) is 7.10. The van der Waals surface area contributed by atoms with Crippen molar-refractivity contribution in [3.05, 3.63) is 39.1 Å². The lowest BCUT2D eigenvalue weighted by molar-refractivity contribution is 0.192. The fourth-order valence-corrected chi connectivity index (χ4v) is 2.57. The minimum atomic E-state index is -0.535. The molecule has 2 rings (SSSR count). The van der Waals surface area contributed by atoms with E-state index in [1.165, 1.54) is 0 Å². The minimum Gasteiger partial charge on any atom is -0.397 e. The van der Waals surface area contributed by atoms with E-state index < -0.39 is 6.10 Å². The SMILES string of the molecule is Nc1cnc(NCC(O)c2ccsc2)c(Br)c1. The van der Waals surface area contributed by atoms with Gasteiger partial charge in [-0.3, -0.25) is 0 Å². The number of anilines is 2. The fourth-order valence-electron chi connectivity index (χ4n) is 1.36. The smallest absolute Gasteiger partial charge is 0.140 e. The van der Waals surface area contributed by atoms with Crippen LogP contribution in [0.2, 0.25) is 0 Å². The van der Waals surface area contributed by atoms with Crippen LogP contribution in [0.1, 0.15) is 11.7 Å². The van der Waals surface area contributed by atoms with E-state index in [1.807, 2.05) is 16.8 Å². The summed E-state index contributed by atoms with van der Waals surface area (Å²) in [5.74, 6) is 0.675. The number of pyridine rings is 1. The summed E-state index contributed by atoms with van der Waals surface area (Å²) in [6.07, 6.45) is 1.04. The molecule has 0 radical (unpaired) electrons. The second-order valence-corrected chi connectivity index (χ2v) is 5.19. The Labute approximate surface area is 112 Å². The van der Waals surface area contributed by atoms with Gasteiger partial charge in [-0.1, -0.05) is 0 Å². The second-order valence-electron chi connectivity index (χ2n) is 3.55. The number of nitrogens with zero attached hydrogens (tertiary/aromatic N) is 1. The van der Waals surface area contributed by atoms with Gasteiger partial charge in [0.25, 0.3) is 0 Å². The third-order valence-corrected chi connectivity index (χ3v) is 3.56. The molecule has 0 amide bonds. The summed E-state index contributed by atoms with van der Waals surface area (Å²) in [5, 5.41) is 16.8. The number of nitrogens with two attached hydrogens (primary N) is 1. The molecule has 0 aliphatic carbocycles. The Bertz CT molecular complexity index is 489. The highest BCUT2D eigenvalue weighted by atomic mass is 79.9. The van der Waals surface area contributed by atoms with Crippen LogP contribution in [0.5, 0.6) is 0 Å². The quantitative estimate of drug-likeness (QED) is 0.811. The molecule has 0 aromatic carbocycles. The molecule has 0 saturated carbocycles. The van der Waals surface area contributed by atoms with Gasteiger partial charge in [0.15, 0.2) is 0 Å². The van der Waals surface area contributed by atoms with Crippen molar-refractivity contribution in [2.45, 2.75) is 6.10 Å². The van der Waals surface area contributed by atoms with E-state index in [1.54, 1.807) is 23.6 Å². The molecule has 0 aliphatic rings. The van der Waals surface area contributed by atoms with Gasteiger partial charge in [0, 0.05) is 6.54 Å². The van der Waals surface area contributed by atoms with Crippen molar-refractivity contribution in [2.75, 3.05) is 17.6 Å². The third-order valence-electron chi connectivity index (χ3n) is 2.25. The molecule has 6 heteroatoms. The predicted octanol–water partition coefficient (Wildman–Crippen LogP) is 2.63. The van der Waals surface area contributed by atoms with Crippen LogP contribution >= 0.6 is 27.3 Å². The Morgan fingerprint density at radius 1 is 1.59 bits per heavy atom. The highest BCUT2D eigenvalue weighted by Crippen LogP contribution is 2.23. The number of aliphatic hydroxyl groups excluding tert-OH is 1. The van der Waals surface area contributed by atoms with Crippen LogP contribution in [-0.4, -0.2) is 16.6 Å². The zero-order valence-electron chi connectivity index (χ0n) is 8.93. The van der Waals surface area contributed by atoms with E-state index in [0.717, 1.165) is 10.0 Å². The van der Waals surface area contributed by atoms with E-state index in [4.69, 9.17) is 5.73 Å². The summed E-state index contributed by atoms with van der Waals surface area (Å²) in [6.45, 7) is 0.409. The van der Waals surface area contributed by atoms with Gasteiger partial charge in [0.05, 0.1) is 22.5 Å². The normalized spacial score (nSPS) is 12.4. The number of hydrogen-bond donors (Lipinski definition) is 3. The molecule has 1 atom stereocenters. The standard InChI is InChI=1S/C11H12BrN3OS/c12-9-3-8(13)4-14-11(9)15-5-10(16)7-1-2-17-6-7/h1-4,6,10,16H,5,13H2,(H,14,15). The van der Waals surface area contributed by atoms with Crippen molar-refractivity contribution in [1.82, 2.24) is 4.98 Å². The van der Waals surface area contributed by atoms with Crippen LogP contribution in [0.15, 0.2) is 33.6 Å². The van der Waals surface area contributed by atoms with Crippen LogP contribution in [0, 0.1) is 0 Å². The van der Waals surface area contributed by atoms with Gasteiger partial charge in [0.2, 0.25) is 0 Å². The number of aliphatic hydroxyl groups is 1. The van der Waals surface area contributed by atoms with Gasteiger partial charge >= 0.3 is 0 Å². The zero-order valence-corrected chi connectivity index (χ0v) is 11.3. The van der Waals surface area contributed by atoms with Crippen molar-refractivity contribution in [2.24, 2.45) is 0 Å². The van der Waals surface area contributed by atoms with Gasteiger partial charge in [-0.15, -0.1) is 0 Å². The number of aromatic nitrogens is 1. The third kappa shape index (κ3) is 3.18. The molecule has 2 heterocycles. The Morgan fingerprint density at radius 2 is 2.41 bits per heavy atom. The highest BCUT2D eigenvalue weighted by Gasteiger charge is 2.09. The van der Waals surface area contributed by atoms with Crippen LogP contribution in [-0.2, 0) is 0 Å². The maximum atomic E-state index is 9.89. The van der Waals surface area contributed by atoms with Gasteiger partial charge in [-0.25, -0.2) is 4.98 Å². The molecule has 0 fully saturated rings. The maximum Gasteiger partial charge on any atom is 0.140 e. The molecule has 0 spiro atoms. The average molecular weight is 314 g/mol.